The third kappa shape index (κ3) is 4.41. The predicted molar refractivity (Wildman–Crippen MR) is 111 cm³/mol. The number of hydrogen-bond donors (Lipinski definition) is 1. The number of benzene rings is 1. The Balaban J connectivity index is 1.39. The highest BCUT2D eigenvalue weighted by Crippen LogP contribution is 2.31. The van der Waals surface area contributed by atoms with E-state index in [4.69, 9.17) is 0 Å². The van der Waals surface area contributed by atoms with Gasteiger partial charge in [0.15, 0.2) is 9.84 Å². The number of hydrazone groups is 1. The van der Waals surface area contributed by atoms with Crippen molar-refractivity contribution in [2.75, 3.05) is 24.6 Å². The second-order valence-corrected chi connectivity index (χ2v) is 10.6. The molecule has 30 heavy (non-hydrogen) atoms. The Morgan fingerprint density at radius 3 is 2.43 bits per heavy atom. The normalized spacial score (nSPS) is 25.8. The molecule has 1 aromatic carbocycles. The smallest absolute Gasteiger partial charge is 0.270 e. The lowest BCUT2D eigenvalue weighted by atomic mass is 9.87. The minimum absolute atomic E-state index is 0.0531. The van der Waals surface area contributed by atoms with Crippen LogP contribution >= 0.6 is 0 Å². The SMILES string of the molecule is O=C(C1=NN(C2CCS(=O)(=O)C2)C(=O)CC1)N1CCC(C(O)c2ccccc2)CC1. The van der Waals surface area contributed by atoms with Crippen LogP contribution in [-0.2, 0) is 19.4 Å². The molecule has 1 aromatic rings. The Hall–Kier alpha value is -2.26. The van der Waals surface area contributed by atoms with E-state index in [1.807, 2.05) is 30.3 Å². The maximum Gasteiger partial charge on any atom is 0.270 e. The molecule has 0 spiro atoms. The zero-order valence-corrected chi connectivity index (χ0v) is 17.6. The van der Waals surface area contributed by atoms with E-state index in [-0.39, 0.29) is 42.1 Å². The van der Waals surface area contributed by atoms with E-state index in [9.17, 15) is 23.1 Å². The van der Waals surface area contributed by atoms with Crippen molar-refractivity contribution < 1.29 is 23.1 Å². The molecule has 4 rings (SSSR count). The van der Waals surface area contributed by atoms with Crippen LogP contribution in [0.3, 0.4) is 0 Å². The fourth-order valence-electron chi connectivity index (χ4n) is 4.50. The van der Waals surface area contributed by atoms with Gasteiger partial charge in [0.05, 0.1) is 23.7 Å². The lowest BCUT2D eigenvalue weighted by Gasteiger charge is -2.35. The van der Waals surface area contributed by atoms with Crippen LogP contribution in [0.25, 0.3) is 0 Å². The standard InChI is InChI=1S/C21H27N3O5S/c25-19-7-6-18(22-24(19)17-10-13-30(28,29)14-17)21(27)23-11-8-16(9-12-23)20(26)15-4-2-1-3-5-15/h1-5,16-17,20,26H,6-14H2. The number of likely N-dealkylation sites (tertiary alicyclic amines) is 1. The Morgan fingerprint density at radius 1 is 1.10 bits per heavy atom. The molecule has 2 saturated heterocycles. The van der Waals surface area contributed by atoms with Gasteiger partial charge in [0.2, 0.25) is 5.91 Å². The first kappa shape index (κ1) is 21.0. The number of hydrogen-bond acceptors (Lipinski definition) is 6. The molecule has 2 fully saturated rings. The largest absolute Gasteiger partial charge is 0.388 e. The summed E-state index contributed by atoms with van der Waals surface area (Å²) in [6, 6.07) is 9.07. The first-order valence-electron chi connectivity index (χ1n) is 10.5. The summed E-state index contributed by atoms with van der Waals surface area (Å²) in [5.41, 5.74) is 1.21. The molecule has 0 aromatic heterocycles. The molecule has 3 aliphatic rings. The van der Waals surface area contributed by atoms with Gasteiger partial charge in [0, 0.05) is 25.9 Å². The highest BCUT2D eigenvalue weighted by molar-refractivity contribution is 7.91. The van der Waals surface area contributed by atoms with E-state index in [2.05, 4.69) is 5.10 Å². The van der Waals surface area contributed by atoms with Gasteiger partial charge in [-0.15, -0.1) is 0 Å². The first-order valence-corrected chi connectivity index (χ1v) is 12.3. The third-order valence-electron chi connectivity index (χ3n) is 6.28. The van der Waals surface area contributed by atoms with Crippen molar-refractivity contribution in [2.24, 2.45) is 11.0 Å². The second-order valence-electron chi connectivity index (χ2n) is 8.33. The van der Waals surface area contributed by atoms with E-state index in [0.29, 0.717) is 38.1 Å². The van der Waals surface area contributed by atoms with Gasteiger partial charge in [-0.3, -0.25) is 9.59 Å². The molecule has 2 amide bonds. The maximum atomic E-state index is 13.0. The average Bonchev–Trinajstić information content (AvgIpc) is 3.13. The molecule has 162 valence electrons. The molecule has 0 aliphatic carbocycles. The Morgan fingerprint density at radius 2 is 1.80 bits per heavy atom. The van der Waals surface area contributed by atoms with Crippen molar-refractivity contribution in [3.8, 4) is 0 Å². The monoisotopic (exact) mass is 433 g/mol. The van der Waals surface area contributed by atoms with Crippen LogP contribution in [0.4, 0.5) is 0 Å². The first-order chi connectivity index (χ1) is 14.3. The molecular weight excluding hydrogens is 406 g/mol. The van der Waals surface area contributed by atoms with Crippen molar-refractivity contribution in [1.29, 1.82) is 0 Å². The van der Waals surface area contributed by atoms with Crippen LogP contribution < -0.4 is 0 Å². The summed E-state index contributed by atoms with van der Waals surface area (Å²) in [6.07, 6.45) is 1.65. The van der Waals surface area contributed by atoms with Gasteiger partial charge >= 0.3 is 0 Å². The Kier molecular flexibility index (Phi) is 5.92. The third-order valence-corrected chi connectivity index (χ3v) is 8.03. The molecule has 1 N–H and O–H groups in total. The lowest BCUT2D eigenvalue weighted by molar-refractivity contribution is -0.134. The highest BCUT2D eigenvalue weighted by atomic mass is 32.2. The zero-order valence-electron chi connectivity index (χ0n) is 16.8. The van der Waals surface area contributed by atoms with Gasteiger partial charge in [-0.1, -0.05) is 30.3 Å². The number of carbonyl (C=O) groups is 2. The summed E-state index contributed by atoms with van der Waals surface area (Å²) in [6.45, 7) is 1.05. The van der Waals surface area contributed by atoms with E-state index < -0.39 is 22.0 Å². The van der Waals surface area contributed by atoms with Gasteiger partial charge in [-0.25, -0.2) is 13.4 Å². The summed E-state index contributed by atoms with van der Waals surface area (Å²) < 4.78 is 23.5. The van der Waals surface area contributed by atoms with Crippen molar-refractivity contribution in [1.82, 2.24) is 9.91 Å². The van der Waals surface area contributed by atoms with Gasteiger partial charge < -0.3 is 10.0 Å². The summed E-state index contributed by atoms with van der Waals surface area (Å²) in [5.74, 6) is -0.366. The zero-order chi connectivity index (χ0) is 21.3. The summed E-state index contributed by atoms with van der Waals surface area (Å²) in [5, 5.41) is 16.1. The van der Waals surface area contributed by atoms with E-state index in [0.717, 1.165) is 5.56 Å². The van der Waals surface area contributed by atoms with E-state index in [1.54, 1.807) is 4.90 Å². The number of nitrogens with zero attached hydrogens (tertiary/aromatic N) is 3. The fourth-order valence-corrected chi connectivity index (χ4v) is 6.19. The summed E-state index contributed by atoms with van der Waals surface area (Å²) in [4.78, 5) is 27.0. The van der Waals surface area contributed by atoms with Crippen molar-refractivity contribution in [3.63, 3.8) is 0 Å². The van der Waals surface area contributed by atoms with Crippen LogP contribution in [0.1, 0.15) is 43.8 Å². The van der Waals surface area contributed by atoms with E-state index in [1.165, 1.54) is 5.01 Å². The van der Waals surface area contributed by atoms with Crippen LogP contribution in [-0.4, -0.2) is 71.6 Å². The molecule has 8 nitrogen and oxygen atoms in total. The topological polar surface area (TPSA) is 107 Å². The molecule has 9 heteroatoms. The molecular formula is C21H27N3O5S. The number of aliphatic hydroxyl groups excluding tert-OH is 1. The molecule has 3 heterocycles. The summed E-state index contributed by atoms with van der Waals surface area (Å²) in [7, 11) is -3.15. The molecule has 0 bridgehead atoms. The minimum atomic E-state index is -3.15. The lowest BCUT2D eigenvalue weighted by Crippen LogP contribution is -2.47. The molecule has 0 saturated carbocycles. The second kappa shape index (κ2) is 8.47. The quantitative estimate of drug-likeness (QED) is 0.766. The molecule has 3 aliphatic heterocycles. The number of carbonyl (C=O) groups excluding carboxylic acids is 2. The summed E-state index contributed by atoms with van der Waals surface area (Å²) >= 11 is 0. The van der Waals surface area contributed by atoms with Crippen LogP contribution in [0.15, 0.2) is 35.4 Å². The van der Waals surface area contributed by atoms with Crippen LogP contribution in [0.5, 0.6) is 0 Å². The van der Waals surface area contributed by atoms with Crippen LogP contribution in [0.2, 0.25) is 0 Å². The average molecular weight is 434 g/mol. The van der Waals surface area contributed by atoms with Crippen molar-refractivity contribution in [3.05, 3.63) is 35.9 Å². The van der Waals surface area contributed by atoms with Gasteiger partial charge in [-0.2, -0.15) is 5.10 Å². The predicted octanol–water partition coefficient (Wildman–Crippen LogP) is 1.12. The Labute approximate surface area is 176 Å². The molecule has 0 radical (unpaired) electrons. The van der Waals surface area contributed by atoms with Gasteiger partial charge in [0.25, 0.3) is 5.91 Å². The molecule has 2 unspecified atom stereocenters. The van der Waals surface area contributed by atoms with Crippen molar-refractivity contribution in [2.45, 2.75) is 44.2 Å². The molecule has 2 atom stereocenters. The number of rotatable bonds is 4. The number of aliphatic hydroxyl groups is 1. The maximum absolute atomic E-state index is 13.0. The number of piperidine rings is 1. The number of sulfone groups is 1. The van der Waals surface area contributed by atoms with Gasteiger partial charge in [0.1, 0.15) is 5.71 Å². The van der Waals surface area contributed by atoms with Crippen molar-refractivity contribution >= 4 is 27.4 Å². The minimum Gasteiger partial charge on any atom is -0.388 e. The fraction of sp³-hybridized carbons (Fsp3) is 0.571. The Bertz CT molecular complexity index is 939. The van der Waals surface area contributed by atoms with Gasteiger partial charge in [-0.05, 0) is 30.7 Å². The highest BCUT2D eigenvalue weighted by Gasteiger charge is 2.38. The number of amides is 2. The van der Waals surface area contributed by atoms with E-state index >= 15 is 0 Å². The van der Waals surface area contributed by atoms with Crippen LogP contribution in [0, 0.1) is 5.92 Å².